The van der Waals surface area contributed by atoms with E-state index in [0.717, 1.165) is 18.2 Å². The number of carbonyl (C=O) groups is 2. The van der Waals surface area contributed by atoms with E-state index in [-0.39, 0.29) is 17.7 Å². The van der Waals surface area contributed by atoms with Gasteiger partial charge in [0.05, 0.1) is 19.3 Å². The van der Waals surface area contributed by atoms with Crippen molar-refractivity contribution in [1.82, 2.24) is 0 Å². The summed E-state index contributed by atoms with van der Waals surface area (Å²) < 4.78 is 22.3. The molecule has 0 fully saturated rings. The molecule has 1 rings (SSSR count). The quantitative estimate of drug-likeness (QED) is 0.609. The number of benzene rings is 1. The average molecular weight is 252 g/mol. The van der Waals surface area contributed by atoms with Gasteiger partial charge in [0.25, 0.3) is 0 Å². The Balaban J connectivity index is 3.07. The minimum atomic E-state index is -0.589. The molecule has 0 aromatic heterocycles. The van der Waals surface area contributed by atoms with E-state index < -0.39 is 17.8 Å². The second kappa shape index (κ2) is 6.54. The molecule has 0 radical (unpaired) electrons. The van der Waals surface area contributed by atoms with Crippen molar-refractivity contribution in [3.8, 4) is 0 Å². The van der Waals surface area contributed by atoms with E-state index in [0.29, 0.717) is 0 Å². The Hall–Kier alpha value is -2.17. The third-order valence-corrected chi connectivity index (χ3v) is 2.11. The maximum absolute atomic E-state index is 13.1. The van der Waals surface area contributed by atoms with Crippen LogP contribution in [0.1, 0.15) is 22.8 Å². The van der Waals surface area contributed by atoms with Crippen LogP contribution in [-0.2, 0) is 14.3 Å². The lowest BCUT2D eigenvalue weighted by atomic mass is 10.1. The zero-order valence-electron chi connectivity index (χ0n) is 10.1. The van der Waals surface area contributed by atoms with Gasteiger partial charge >= 0.3 is 11.9 Å². The Labute approximate surface area is 104 Å². The zero-order chi connectivity index (χ0) is 13.5. The number of rotatable bonds is 4. The summed E-state index contributed by atoms with van der Waals surface area (Å²) in [4.78, 5) is 22.6. The van der Waals surface area contributed by atoms with Gasteiger partial charge in [-0.05, 0) is 36.8 Å². The zero-order valence-corrected chi connectivity index (χ0v) is 10.1. The van der Waals surface area contributed by atoms with Crippen LogP contribution in [0.4, 0.5) is 4.39 Å². The molecule has 0 saturated carbocycles. The van der Waals surface area contributed by atoms with Crippen LogP contribution in [-0.4, -0.2) is 25.7 Å². The van der Waals surface area contributed by atoms with Crippen LogP contribution >= 0.6 is 0 Å². The topological polar surface area (TPSA) is 52.6 Å². The van der Waals surface area contributed by atoms with E-state index >= 15 is 0 Å². The summed E-state index contributed by atoms with van der Waals surface area (Å²) in [5.74, 6) is -1.66. The first-order chi connectivity index (χ1) is 8.58. The molecule has 0 bridgehead atoms. The van der Waals surface area contributed by atoms with Gasteiger partial charge in [-0.25, -0.2) is 14.0 Å². The van der Waals surface area contributed by atoms with E-state index in [1.165, 1.54) is 19.3 Å². The van der Waals surface area contributed by atoms with Crippen LogP contribution in [0, 0.1) is 5.82 Å². The van der Waals surface area contributed by atoms with Crippen molar-refractivity contribution in [1.29, 1.82) is 0 Å². The fourth-order valence-electron chi connectivity index (χ4n) is 1.29. The number of methoxy groups -OCH3 is 1. The molecule has 0 aliphatic rings. The van der Waals surface area contributed by atoms with Gasteiger partial charge in [-0.1, -0.05) is 0 Å². The second-order valence-corrected chi connectivity index (χ2v) is 3.31. The molecule has 0 amide bonds. The lowest BCUT2D eigenvalue weighted by Crippen LogP contribution is -2.07. The summed E-state index contributed by atoms with van der Waals surface area (Å²) in [7, 11) is 1.23. The Morgan fingerprint density at radius 2 is 2.11 bits per heavy atom. The van der Waals surface area contributed by atoms with Crippen LogP contribution in [0.3, 0.4) is 0 Å². The van der Waals surface area contributed by atoms with Crippen LogP contribution in [0.25, 0.3) is 6.08 Å². The van der Waals surface area contributed by atoms with E-state index in [2.05, 4.69) is 4.74 Å². The predicted octanol–water partition coefficient (Wildman–Crippen LogP) is 2.19. The number of hydrogen-bond acceptors (Lipinski definition) is 4. The van der Waals surface area contributed by atoms with Gasteiger partial charge in [0.1, 0.15) is 5.82 Å². The maximum atomic E-state index is 13.1. The van der Waals surface area contributed by atoms with Gasteiger partial charge in [0, 0.05) is 6.08 Å². The van der Waals surface area contributed by atoms with Crippen molar-refractivity contribution in [2.45, 2.75) is 6.92 Å². The van der Waals surface area contributed by atoms with E-state index in [1.807, 2.05) is 0 Å². The molecule has 0 saturated heterocycles. The molecule has 1 aromatic carbocycles. The number of ether oxygens (including phenoxy) is 2. The highest BCUT2D eigenvalue weighted by molar-refractivity contribution is 5.95. The van der Waals surface area contributed by atoms with Crippen LogP contribution in [0.5, 0.6) is 0 Å². The number of hydrogen-bond donors (Lipinski definition) is 0. The first-order valence-electron chi connectivity index (χ1n) is 5.31. The summed E-state index contributed by atoms with van der Waals surface area (Å²) in [6.07, 6.45) is 2.42. The maximum Gasteiger partial charge on any atom is 0.338 e. The Bertz CT molecular complexity index is 480. The molecule has 0 spiro atoms. The van der Waals surface area contributed by atoms with Crippen LogP contribution in [0.15, 0.2) is 24.3 Å². The van der Waals surface area contributed by atoms with Crippen LogP contribution in [0.2, 0.25) is 0 Å². The fourth-order valence-corrected chi connectivity index (χ4v) is 1.29. The third kappa shape index (κ3) is 3.69. The number of halogens is 1. The normalized spacial score (nSPS) is 10.4. The monoisotopic (exact) mass is 252 g/mol. The first kappa shape index (κ1) is 13.9. The lowest BCUT2D eigenvalue weighted by Gasteiger charge is -2.05. The fraction of sp³-hybridized carbons (Fsp3) is 0.231. The Kier molecular flexibility index (Phi) is 5.05. The molecule has 1 aromatic rings. The molecule has 0 heterocycles. The van der Waals surface area contributed by atoms with E-state index in [9.17, 15) is 14.0 Å². The minimum Gasteiger partial charge on any atom is -0.466 e. The molecule has 96 valence electrons. The highest BCUT2D eigenvalue weighted by atomic mass is 19.1. The summed E-state index contributed by atoms with van der Waals surface area (Å²) in [6.45, 7) is 1.89. The van der Waals surface area contributed by atoms with Crippen molar-refractivity contribution < 1.29 is 23.5 Å². The lowest BCUT2D eigenvalue weighted by molar-refractivity contribution is -0.134. The van der Waals surface area contributed by atoms with Crippen molar-refractivity contribution in [2.24, 2.45) is 0 Å². The van der Waals surface area contributed by atoms with Gasteiger partial charge in [0.15, 0.2) is 0 Å². The summed E-state index contributed by atoms with van der Waals surface area (Å²) in [5, 5.41) is 0. The van der Waals surface area contributed by atoms with Gasteiger partial charge in [-0.15, -0.1) is 0 Å². The summed E-state index contributed by atoms with van der Waals surface area (Å²) in [5.41, 5.74) is 0.456. The molecule has 4 nitrogen and oxygen atoms in total. The largest absolute Gasteiger partial charge is 0.466 e. The van der Waals surface area contributed by atoms with Crippen molar-refractivity contribution in [3.05, 3.63) is 41.2 Å². The van der Waals surface area contributed by atoms with Crippen molar-refractivity contribution in [2.75, 3.05) is 13.7 Å². The Morgan fingerprint density at radius 1 is 1.39 bits per heavy atom. The SMILES string of the molecule is CCOC(=O)c1ccc(F)cc1C=CC(=O)OC. The predicted molar refractivity (Wildman–Crippen MR) is 63.4 cm³/mol. The standard InChI is InChI=1S/C13H13FO4/c1-3-18-13(16)11-6-5-10(14)8-9(11)4-7-12(15)17-2/h4-8H,3H2,1-2H3. The number of carbonyl (C=O) groups excluding carboxylic acids is 2. The summed E-state index contributed by atoms with van der Waals surface area (Å²) >= 11 is 0. The van der Waals surface area contributed by atoms with Gasteiger partial charge in [-0.2, -0.15) is 0 Å². The Morgan fingerprint density at radius 3 is 2.72 bits per heavy atom. The second-order valence-electron chi connectivity index (χ2n) is 3.31. The highest BCUT2D eigenvalue weighted by Crippen LogP contribution is 2.14. The molecule has 5 heteroatoms. The molecule has 0 N–H and O–H groups in total. The smallest absolute Gasteiger partial charge is 0.338 e. The number of esters is 2. The first-order valence-corrected chi connectivity index (χ1v) is 5.31. The molecule has 0 aliphatic carbocycles. The van der Waals surface area contributed by atoms with E-state index in [4.69, 9.17) is 4.74 Å². The van der Waals surface area contributed by atoms with Gasteiger partial charge in [0.2, 0.25) is 0 Å². The third-order valence-electron chi connectivity index (χ3n) is 2.11. The van der Waals surface area contributed by atoms with Gasteiger partial charge in [-0.3, -0.25) is 0 Å². The molecular weight excluding hydrogens is 239 g/mol. The molecule has 0 unspecified atom stereocenters. The molecule has 0 aliphatic heterocycles. The molecule has 18 heavy (non-hydrogen) atoms. The highest BCUT2D eigenvalue weighted by Gasteiger charge is 2.11. The van der Waals surface area contributed by atoms with Gasteiger partial charge < -0.3 is 9.47 Å². The molecule has 0 atom stereocenters. The van der Waals surface area contributed by atoms with Crippen molar-refractivity contribution in [3.63, 3.8) is 0 Å². The van der Waals surface area contributed by atoms with E-state index in [1.54, 1.807) is 6.92 Å². The summed E-state index contributed by atoms with van der Waals surface area (Å²) in [6, 6.07) is 3.61. The average Bonchev–Trinajstić information content (AvgIpc) is 2.36. The van der Waals surface area contributed by atoms with Crippen LogP contribution < -0.4 is 0 Å². The minimum absolute atomic E-state index is 0.193. The van der Waals surface area contributed by atoms with Crippen molar-refractivity contribution >= 4 is 18.0 Å². The molecular formula is C13H13FO4.